The highest BCUT2D eigenvalue weighted by molar-refractivity contribution is 5.91. The van der Waals surface area contributed by atoms with Crippen molar-refractivity contribution >= 4 is 11.9 Å². The van der Waals surface area contributed by atoms with Gasteiger partial charge in [0, 0.05) is 17.6 Å². The molecule has 3 heterocycles. The largest absolute Gasteiger partial charge is 0.458 e. The van der Waals surface area contributed by atoms with Gasteiger partial charge in [0.25, 0.3) is 0 Å². The van der Waals surface area contributed by atoms with Crippen molar-refractivity contribution in [3.05, 3.63) is 47.1 Å². The van der Waals surface area contributed by atoms with Gasteiger partial charge in [-0.25, -0.2) is 9.59 Å². The number of aliphatic hydroxyl groups is 1. The lowest BCUT2D eigenvalue weighted by atomic mass is 9.83. The Hall–Kier alpha value is -2.18. The molecule has 1 fully saturated rings. The molecule has 3 aliphatic heterocycles. The van der Waals surface area contributed by atoms with Crippen LogP contribution in [-0.4, -0.2) is 41.1 Å². The van der Waals surface area contributed by atoms with Crippen LogP contribution in [0.15, 0.2) is 47.1 Å². The molecular formula is C20H24O6. The van der Waals surface area contributed by atoms with Crippen LogP contribution in [0.25, 0.3) is 0 Å². The fraction of sp³-hybridized carbons (Fsp3) is 0.500. The highest BCUT2D eigenvalue weighted by atomic mass is 16.7. The smallest absolute Gasteiger partial charge is 0.334 e. The van der Waals surface area contributed by atoms with Crippen molar-refractivity contribution in [2.75, 3.05) is 0 Å². The van der Waals surface area contributed by atoms with Gasteiger partial charge in [-0.2, -0.15) is 0 Å². The third-order valence-electron chi connectivity index (χ3n) is 5.15. The van der Waals surface area contributed by atoms with Crippen LogP contribution in [0.4, 0.5) is 0 Å². The Morgan fingerprint density at radius 3 is 2.77 bits per heavy atom. The van der Waals surface area contributed by atoms with Gasteiger partial charge in [-0.05, 0) is 45.4 Å². The average Bonchev–Trinajstić information content (AvgIpc) is 3.02. The molecule has 6 heteroatoms. The van der Waals surface area contributed by atoms with E-state index in [-0.39, 0.29) is 5.57 Å². The standard InChI is InChI=1S/C20H24O6/c1-6-11(3)18(21)24-14-7-10(2)8-20(23)9-12(4)16(26-20)17-15(14)13(5)19(22)25-17/h6,8-9,14-17,23H,5,7H2,1-4H3. The summed E-state index contributed by atoms with van der Waals surface area (Å²) >= 11 is 0. The first-order valence-corrected chi connectivity index (χ1v) is 8.66. The van der Waals surface area contributed by atoms with Crippen LogP contribution >= 0.6 is 0 Å². The Morgan fingerprint density at radius 2 is 2.12 bits per heavy atom. The first-order valence-electron chi connectivity index (χ1n) is 8.66. The highest BCUT2D eigenvalue weighted by Gasteiger charge is 2.53. The predicted molar refractivity (Wildman–Crippen MR) is 93.8 cm³/mol. The number of esters is 2. The van der Waals surface area contributed by atoms with E-state index in [9.17, 15) is 14.7 Å². The van der Waals surface area contributed by atoms with Crippen LogP contribution in [0, 0.1) is 5.92 Å². The summed E-state index contributed by atoms with van der Waals surface area (Å²) in [6.07, 6.45) is 3.25. The van der Waals surface area contributed by atoms with Gasteiger partial charge in [0.2, 0.25) is 5.79 Å². The second kappa shape index (κ2) is 6.52. The van der Waals surface area contributed by atoms with E-state index in [0.29, 0.717) is 12.0 Å². The minimum absolute atomic E-state index is 0.257. The molecule has 0 aromatic heterocycles. The minimum Gasteiger partial charge on any atom is -0.458 e. The molecule has 0 aromatic rings. The Morgan fingerprint density at radius 1 is 1.42 bits per heavy atom. The molecule has 5 atom stereocenters. The van der Waals surface area contributed by atoms with Crippen molar-refractivity contribution in [1.29, 1.82) is 0 Å². The molecule has 3 aliphatic rings. The van der Waals surface area contributed by atoms with Gasteiger partial charge in [-0.1, -0.05) is 18.2 Å². The summed E-state index contributed by atoms with van der Waals surface area (Å²) in [5, 5.41) is 10.7. The molecule has 0 saturated carbocycles. The van der Waals surface area contributed by atoms with E-state index in [2.05, 4.69) is 6.58 Å². The fourth-order valence-electron chi connectivity index (χ4n) is 3.75. The third-order valence-corrected chi connectivity index (χ3v) is 5.15. The van der Waals surface area contributed by atoms with Crippen molar-refractivity contribution in [3.8, 4) is 0 Å². The van der Waals surface area contributed by atoms with Crippen molar-refractivity contribution in [2.45, 2.75) is 58.2 Å². The third kappa shape index (κ3) is 3.15. The van der Waals surface area contributed by atoms with Crippen molar-refractivity contribution in [1.82, 2.24) is 0 Å². The SMILES string of the molecule is C=C1C(=O)OC2C3OC(O)(C=C(C)CC(OC(=O)C(C)=CC)C12)C=C3C. The molecular weight excluding hydrogens is 336 g/mol. The van der Waals surface area contributed by atoms with Crippen LogP contribution < -0.4 is 0 Å². The van der Waals surface area contributed by atoms with Crippen LogP contribution in [0.5, 0.6) is 0 Å². The summed E-state index contributed by atoms with van der Waals surface area (Å²) in [5.74, 6) is -3.09. The summed E-state index contributed by atoms with van der Waals surface area (Å²) < 4.78 is 17.0. The quantitative estimate of drug-likeness (QED) is 0.462. The van der Waals surface area contributed by atoms with E-state index in [4.69, 9.17) is 14.2 Å². The number of fused-ring (bicyclic) bond motifs is 4. The summed E-state index contributed by atoms with van der Waals surface area (Å²) in [6.45, 7) is 10.9. The molecule has 26 heavy (non-hydrogen) atoms. The first-order chi connectivity index (χ1) is 12.1. The number of hydrogen-bond donors (Lipinski definition) is 1. The number of rotatable bonds is 2. The number of allylic oxidation sites excluding steroid dienone is 1. The molecule has 0 aromatic carbocycles. The number of carbonyl (C=O) groups is 2. The Labute approximate surface area is 152 Å². The molecule has 6 nitrogen and oxygen atoms in total. The topological polar surface area (TPSA) is 82.1 Å². The van der Waals surface area contributed by atoms with Crippen LogP contribution in [0.1, 0.15) is 34.1 Å². The Kier molecular flexibility index (Phi) is 4.67. The average molecular weight is 360 g/mol. The molecule has 1 N–H and O–H groups in total. The zero-order valence-electron chi connectivity index (χ0n) is 15.4. The summed E-state index contributed by atoms with van der Waals surface area (Å²) in [5.41, 5.74) is 2.27. The minimum atomic E-state index is -1.56. The predicted octanol–water partition coefficient (Wildman–Crippen LogP) is 2.35. The molecule has 0 spiro atoms. The van der Waals surface area contributed by atoms with Crippen molar-refractivity contribution in [2.24, 2.45) is 5.92 Å². The second-order valence-corrected chi connectivity index (χ2v) is 7.21. The van der Waals surface area contributed by atoms with E-state index in [0.717, 1.165) is 11.1 Å². The van der Waals surface area contributed by atoms with Gasteiger partial charge in [0.05, 0.1) is 5.92 Å². The van der Waals surface area contributed by atoms with Gasteiger partial charge in [0.1, 0.15) is 18.3 Å². The normalized spacial score (nSPS) is 37.0. The molecule has 140 valence electrons. The monoisotopic (exact) mass is 360 g/mol. The molecule has 2 bridgehead atoms. The van der Waals surface area contributed by atoms with Gasteiger partial charge >= 0.3 is 11.9 Å². The molecule has 5 unspecified atom stereocenters. The van der Waals surface area contributed by atoms with Crippen molar-refractivity contribution in [3.63, 3.8) is 0 Å². The first kappa shape index (κ1) is 18.6. The molecule has 0 radical (unpaired) electrons. The lowest BCUT2D eigenvalue weighted by Gasteiger charge is -2.30. The zero-order chi connectivity index (χ0) is 19.2. The van der Waals surface area contributed by atoms with E-state index in [1.54, 1.807) is 32.1 Å². The van der Waals surface area contributed by atoms with E-state index < -0.39 is 42.0 Å². The molecule has 1 saturated heterocycles. The second-order valence-electron chi connectivity index (χ2n) is 7.21. The lowest BCUT2D eigenvalue weighted by molar-refractivity contribution is -0.178. The molecule has 0 aliphatic carbocycles. The van der Waals surface area contributed by atoms with E-state index in [1.165, 1.54) is 0 Å². The number of hydrogen-bond acceptors (Lipinski definition) is 6. The maximum absolute atomic E-state index is 12.3. The fourth-order valence-corrected chi connectivity index (χ4v) is 3.75. The lowest BCUT2D eigenvalue weighted by Crippen LogP contribution is -2.41. The van der Waals surface area contributed by atoms with E-state index in [1.807, 2.05) is 13.8 Å². The summed E-state index contributed by atoms with van der Waals surface area (Å²) in [6, 6.07) is 0. The van der Waals surface area contributed by atoms with Gasteiger partial charge in [-0.3, -0.25) is 0 Å². The van der Waals surface area contributed by atoms with Crippen LogP contribution in [-0.2, 0) is 23.8 Å². The molecule has 0 amide bonds. The van der Waals surface area contributed by atoms with Gasteiger partial charge in [-0.15, -0.1) is 0 Å². The number of ether oxygens (including phenoxy) is 3. The summed E-state index contributed by atoms with van der Waals surface area (Å²) in [7, 11) is 0. The maximum Gasteiger partial charge on any atom is 0.334 e. The van der Waals surface area contributed by atoms with Crippen molar-refractivity contribution < 1.29 is 28.9 Å². The molecule has 3 rings (SSSR count). The van der Waals surface area contributed by atoms with Crippen LogP contribution in [0.3, 0.4) is 0 Å². The zero-order valence-corrected chi connectivity index (χ0v) is 15.4. The summed E-state index contributed by atoms with van der Waals surface area (Å²) in [4.78, 5) is 24.5. The van der Waals surface area contributed by atoms with Gasteiger partial charge < -0.3 is 19.3 Å². The Balaban J connectivity index is 2.03. The van der Waals surface area contributed by atoms with Gasteiger partial charge in [0.15, 0.2) is 0 Å². The van der Waals surface area contributed by atoms with Crippen LogP contribution in [0.2, 0.25) is 0 Å². The highest BCUT2D eigenvalue weighted by Crippen LogP contribution is 2.43. The number of carbonyl (C=O) groups excluding carboxylic acids is 2. The van der Waals surface area contributed by atoms with E-state index >= 15 is 0 Å². The Bertz CT molecular complexity index is 758. The maximum atomic E-state index is 12.3.